The summed E-state index contributed by atoms with van der Waals surface area (Å²) in [6.45, 7) is 0. The van der Waals surface area contributed by atoms with Crippen molar-refractivity contribution in [1.82, 2.24) is 0 Å². The van der Waals surface area contributed by atoms with E-state index in [0.717, 1.165) is 12.1 Å². The summed E-state index contributed by atoms with van der Waals surface area (Å²) in [6.07, 6.45) is 0. The maximum absolute atomic E-state index is 11.5. The van der Waals surface area contributed by atoms with Crippen LogP contribution in [0.4, 0.5) is 0 Å². The molecule has 0 aliphatic rings. The van der Waals surface area contributed by atoms with Gasteiger partial charge in [0.05, 0.1) is 0 Å². The quantitative estimate of drug-likeness (QED) is 0.618. The molecular weight excluding hydrogens is 216 g/mol. The number of rotatable bonds is 1. The van der Waals surface area contributed by atoms with Crippen molar-refractivity contribution in [1.29, 1.82) is 0 Å². The van der Waals surface area contributed by atoms with Gasteiger partial charge in [0.2, 0.25) is 5.76 Å². The number of phenolic OH excluding ortho intramolecular Hbond substituents is 2. The molecule has 0 radical (unpaired) electrons. The first-order valence-electron chi connectivity index (χ1n) is 4.23. The molecule has 2 aromatic rings. The van der Waals surface area contributed by atoms with Gasteiger partial charge >= 0.3 is 5.97 Å². The maximum atomic E-state index is 11.5. The number of fused-ring (bicyclic) bond motifs is 1. The first-order chi connectivity index (χ1) is 7.50. The van der Waals surface area contributed by atoms with Crippen molar-refractivity contribution >= 4 is 16.9 Å². The summed E-state index contributed by atoms with van der Waals surface area (Å²) in [6, 6.07) is 3.05. The zero-order chi connectivity index (χ0) is 11.9. The molecule has 0 saturated carbocycles. The Morgan fingerprint density at radius 1 is 1.25 bits per heavy atom. The molecule has 0 unspecified atom stereocenters. The third kappa shape index (κ3) is 1.36. The fourth-order valence-electron chi connectivity index (χ4n) is 1.33. The van der Waals surface area contributed by atoms with E-state index < -0.39 is 28.7 Å². The lowest BCUT2D eigenvalue weighted by atomic mass is 10.2. The number of aromatic hydroxyl groups is 2. The molecule has 0 amide bonds. The predicted octanol–water partition coefficient (Wildman–Crippen LogP) is 0.902. The normalized spacial score (nSPS) is 10.5. The molecular formula is C10H6O6. The lowest BCUT2D eigenvalue weighted by molar-refractivity contribution is 0.0663. The number of carbonyl (C=O) groups is 1. The van der Waals surface area contributed by atoms with Crippen molar-refractivity contribution in [3.05, 3.63) is 34.2 Å². The molecule has 0 saturated heterocycles. The number of carboxylic acid groups (broad SMARTS) is 1. The minimum Gasteiger partial charge on any atom is -0.504 e. The first-order valence-corrected chi connectivity index (χ1v) is 4.23. The van der Waals surface area contributed by atoms with Gasteiger partial charge in [-0.15, -0.1) is 0 Å². The van der Waals surface area contributed by atoms with E-state index in [1.807, 2.05) is 0 Å². The van der Waals surface area contributed by atoms with Gasteiger partial charge in [-0.2, -0.15) is 0 Å². The first kappa shape index (κ1) is 10.0. The van der Waals surface area contributed by atoms with Gasteiger partial charge in [0, 0.05) is 6.07 Å². The molecule has 3 N–H and O–H groups in total. The van der Waals surface area contributed by atoms with E-state index in [9.17, 15) is 19.8 Å². The van der Waals surface area contributed by atoms with E-state index >= 15 is 0 Å². The van der Waals surface area contributed by atoms with Crippen LogP contribution in [0, 0.1) is 0 Å². The van der Waals surface area contributed by atoms with Gasteiger partial charge in [0.25, 0.3) is 0 Å². The van der Waals surface area contributed by atoms with Crippen molar-refractivity contribution in [2.75, 3.05) is 0 Å². The number of carboxylic acids is 1. The molecule has 16 heavy (non-hydrogen) atoms. The average Bonchev–Trinajstić information content (AvgIpc) is 2.22. The molecule has 0 bridgehead atoms. The molecule has 0 aliphatic heterocycles. The standard InChI is InChI=1S/C10H6O6/c11-4-1-2-6-8(9(4)13)5(12)3-7(16-6)10(14)15/h1-3,11,13H,(H,14,15). The van der Waals surface area contributed by atoms with Gasteiger partial charge in [-0.1, -0.05) is 0 Å². The minimum atomic E-state index is -1.38. The highest BCUT2D eigenvalue weighted by Crippen LogP contribution is 2.31. The largest absolute Gasteiger partial charge is 0.504 e. The fourth-order valence-corrected chi connectivity index (χ4v) is 1.33. The Labute approximate surface area is 88.0 Å². The van der Waals surface area contributed by atoms with Crippen LogP contribution in [0.15, 0.2) is 27.4 Å². The van der Waals surface area contributed by atoms with E-state index in [2.05, 4.69) is 0 Å². The number of aromatic carboxylic acids is 1. The third-order valence-electron chi connectivity index (χ3n) is 2.06. The Morgan fingerprint density at radius 2 is 1.94 bits per heavy atom. The second-order valence-electron chi connectivity index (χ2n) is 3.09. The van der Waals surface area contributed by atoms with Gasteiger partial charge in [0.1, 0.15) is 11.0 Å². The minimum absolute atomic E-state index is 0.0970. The van der Waals surface area contributed by atoms with Gasteiger partial charge in [0.15, 0.2) is 16.9 Å². The van der Waals surface area contributed by atoms with Crippen molar-refractivity contribution in [2.45, 2.75) is 0 Å². The zero-order valence-electron chi connectivity index (χ0n) is 7.80. The van der Waals surface area contributed by atoms with E-state index in [1.54, 1.807) is 0 Å². The summed E-state index contributed by atoms with van der Waals surface area (Å²) in [4.78, 5) is 22.1. The van der Waals surface area contributed by atoms with Crippen LogP contribution < -0.4 is 5.43 Å². The Kier molecular flexibility index (Phi) is 2.05. The number of phenols is 2. The Hall–Kier alpha value is -2.50. The summed E-state index contributed by atoms with van der Waals surface area (Å²) in [5.41, 5.74) is -0.827. The summed E-state index contributed by atoms with van der Waals surface area (Å²) >= 11 is 0. The van der Waals surface area contributed by atoms with Gasteiger partial charge in [-0.3, -0.25) is 4.79 Å². The Balaban J connectivity index is 2.92. The second kappa shape index (κ2) is 3.27. The second-order valence-corrected chi connectivity index (χ2v) is 3.09. The van der Waals surface area contributed by atoms with Crippen LogP contribution in [0.1, 0.15) is 10.6 Å². The molecule has 0 aliphatic carbocycles. The van der Waals surface area contributed by atoms with E-state index in [-0.39, 0.29) is 11.0 Å². The molecule has 1 heterocycles. The topological polar surface area (TPSA) is 108 Å². The van der Waals surface area contributed by atoms with Gasteiger partial charge in [-0.05, 0) is 12.1 Å². The van der Waals surface area contributed by atoms with Gasteiger partial charge in [-0.25, -0.2) is 4.79 Å². The van der Waals surface area contributed by atoms with E-state index in [4.69, 9.17) is 9.52 Å². The fraction of sp³-hybridized carbons (Fsp3) is 0. The number of hydrogen-bond acceptors (Lipinski definition) is 5. The summed E-state index contributed by atoms with van der Waals surface area (Å²) in [5, 5.41) is 27.0. The number of hydrogen-bond donors (Lipinski definition) is 3. The maximum Gasteiger partial charge on any atom is 0.371 e. The van der Waals surface area contributed by atoms with Crippen LogP contribution in [-0.2, 0) is 0 Å². The van der Waals surface area contributed by atoms with Crippen molar-refractivity contribution in [3.8, 4) is 11.5 Å². The monoisotopic (exact) mass is 222 g/mol. The molecule has 0 fully saturated rings. The summed E-state index contributed by atoms with van der Waals surface area (Å²) in [7, 11) is 0. The third-order valence-corrected chi connectivity index (χ3v) is 2.06. The molecule has 0 spiro atoms. The SMILES string of the molecule is O=C(O)c1cc(=O)c2c(O)c(O)ccc2o1. The predicted molar refractivity (Wildman–Crippen MR) is 52.8 cm³/mol. The highest BCUT2D eigenvalue weighted by molar-refractivity contribution is 5.90. The van der Waals surface area contributed by atoms with Crippen molar-refractivity contribution < 1.29 is 24.5 Å². The Bertz CT molecular complexity index is 640. The smallest absolute Gasteiger partial charge is 0.371 e. The van der Waals surface area contributed by atoms with Crippen LogP contribution in [0.25, 0.3) is 11.0 Å². The van der Waals surface area contributed by atoms with Crippen LogP contribution in [0.3, 0.4) is 0 Å². The Morgan fingerprint density at radius 3 is 2.56 bits per heavy atom. The van der Waals surface area contributed by atoms with Crippen molar-refractivity contribution in [2.24, 2.45) is 0 Å². The molecule has 1 aromatic heterocycles. The van der Waals surface area contributed by atoms with E-state index in [0.29, 0.717) is 0 Å². The molecule has 0 atom stereocenters. The van der Waals surface area contributed by atoms with Crippen LogP contribution in [0.2, 0.25) is 0 Å². The lowest BCUT2D eigenvalue weighted by Gasteiger charge is -2.02. The molecule has 6 nitrogen and oxygen atoms in total. The van der Waals surface area contributed by atoms with Crippen LogP contribution in [-0.4, -0.2) is 21.3 Å². The molecule has 2 rings (SSSR count). The molecule has 1 aromatic carbocycles. The molecule has 82 valence electrons. The van der Waals surface area contributed by atoms with Gasteiger partial charge < -0.3 is 19.7 Å². The van der Waals surface area contributed by atoms with E-state index in [1.165, 1.54) is 6.07 Å². The summed E-state index contributed by atoms with van der Waals surface area (Å²) in [5.74, 6) is -3.00. The number of benzene rings is 1. The molecule has 6 heteroatoms. The van der Waals surface area contributed by atoms with Crippen LogP contribution in [0.5, 0.6) is 11.5 Å². The van der Waals surface area contributed by atoms with Crippen molar-refractivity contribution in [3.63, 3.8) is 0 Å². The average molecular weight is 222 g/mol. The lowest BCUT2D eigenvalue weighted by Crippen LogP contribution is -2.06. The highest BCUT2D eigenvalue weighted by Gasteiger charge is 2.15. The highest BCUT2D eigenvalue weighted by atomic mass is 16.4. The summed E-state index contributed by atoms with van der Waals surface area (Å²) < 4.78 is 4.87. The zero-order valence-corrected chi connectivity index (χ0v) is 7.80. The van der Waals surface area contributed by atoms with Crippen LogP contribution >= 0.6 is 0 Å².